The molecule has 0 aliphatic carbocycles. The molecule has 0 heterocycles. The van der Waals surface area contributed by atoms with Gasteiger partial charge in [0.1, 0.15) is 0 Å². The fourth-order valence-corrected chi connectivity index (χ4v) is 3.03. The number of nitrogens with one attached hydrogen (secondary N) is 1. The van der Waals surface area contributed by atoms with Crippen molar-refractivity contribution < 1.29 is 13.3 Å². The molecule has 104 valence electrons. The average Bonchev–Trinajstić information content (AvgIpc) is 2.41. The van der Waals surface area contributed by atoms with Crippen molar-refractivity contribution in [3.8, 4) is 0 Å². The van der Waals surface area contributed by atoms with E-state index in [-0.39, 0.29) is 4.90 Å². The molecule has 2 aromatic carbocycles. The van der Waals surface area contributed by atoms with Crippen molar-refractivity contribution in [1.82, 2.24) is 0 Å². The van der Waals surface area contributed by atoms with Gasteiger partial charge in [0.25, 0.3) is 15.7 Å². The van der Waals surface area contributed by atoms with E-state index in [1.807, 2.05) is 0 Å². The molecule has 0 aromatic heterocycles. The second-order valence-corrected chi connectivity index (χ2v) is 5.80. The third-order valence-electron chi connectivity index (χ3n) is 2.74. The van der Waals surface area contributed by atoms with Gasteiger partial charge in [-0.15, -0.1) is 0 Å². The molecule has 0 saturated carbocycles. The van der Waals surface area contributed by atoms with Crippen molar-refractivity contribution in [2.75, 3.05) is 4.72 Å². The number of para-hydroxylation sites is 2. The Morgan fingerprint density at radius 2 is 1.65 bits per heavy atom. The van der Waals surface area contributed by atoms with E-state index in [0.29, 0.717) is 5.69 Å². The lowest BCUT2D eigenvalue weighted by Crippen LogP contribution is -2.15. The van der Waals surface area contributed by atoms with Crippen LogP contribution in [0.25, 0.3) is 0 Å². The number of nitrogens with zero attached hydrogens (tertiary/aromatic N) is 1. The minimum absolute atomic E-state index is 0.353. The summed E-state index contributed by atoms with van der Waals surface area (Å²) in [7, 11) is -4.00. The van der Waals surface area contributed by atoms with Crippen molar-refractivity contribution in [2.24, 2.45) is 0 Å². The molecule has 0 bridgehead atoms. The highest BCUT2D eigenvalue weighted by molar-refractivity contribution is 7.92. The largest absolute Gasteiger partial charge is 0.289 e. The molecule has 0 aliphatic rings. The zero-order chi connectivity index (χ0) is 14.8. The van der Waals surface area contributed by atoms with Gasteiger partial charge in [-0.1, -0.05) is 30.3 Å². The lowest BCUT2D eigenvalue weighted by molar-refractivity contribution is -0.387. The normalized spacial score (nSPS) is 11.1. The summed E-state index contributed by atoms with van der Waals surface area (Å²) in [6.45, 7) is 1.75. The second-order valence-electron chi connectivity index (χ2n) is 4.15. The van der Waals surface area contributed by atoms with E-state index in [4.69, 9.17) is 0 Å². The Hall–Kier alpha value is -2.41. The SMILES string of the molecule is Cc1ccccc1NS(=O)(=O)c1ccccc1[N+](=O)[O-]. The highest BCUT2D eigenvalue weighted by Gasteiger charge is 2.25. The third kappa shape index (κ3) is 2.77. The van der Waals surface area contributed by atoms with Crippen LogP contribution in [0.3, 0.4) is 0 Å². The lowest BCUT2D eigenvalue weighted by Gasteiger charge is -2.10. The number of nitro groups is 1. The molecule has 0 aliphatic heterocycles. The Morgan fingerprint density at radius 3 is 2.30 bits per heavy atom. The molecule has 6 nitrogen and oxygen atoms in total. The molecule has 0 spiro atoms. The van der Waals surface area contributed by atoms with E-state index in [1.54, 1.807) is 31.2 Å². The topological polar surface area (TPSA) is 89.3 Å². The molecule has 1 N–H and O–H groups in total. The summed E-state index contributed by atoms with van der Waals surface area (Å²) in [4.78, 5) is 9.83. The van der Waals surface area contributed by atoms with Crippen molar-refractivity contribution in [3.63, 3.8) is 0 Å². The highest BCUT2D eigenvalue weighted by Crippen LogP contribution is 2.26. The first-order valence-corrected chi connectivity index (χ1v) is 7.22. The summed E-state index contributed by atoms with van der Waals surface area (Å²) in [6, 6.07) is 12.0. The maximum atomic E-state index is 12.3. The molecule has 0 radical (unpaired) electrons. The van der Waals surface area contributed by atoms with Crippen molar-refractivity contribution >= 4 is 21.4 Å². The van der Waals surface area contributed by atoms with E-state index in [0.717, 1.165) is 11.6 Å². The van der Waals surface area contributed by atoms with Crippen LogP contribution in [0.15, 0.2) is 53.4 Å². The van der Waals surface area contributed by atoms with Crippen LogP contribution in [-0.2, 0) is 10.0 Å². The zero-order valence-electron chi connectivity index (χ0n) is 10.6. The monoisotopic (exact) mass is 292 g/mol. The van der Waals surface area contributed by atoms with Crippen LogP contribution in [0.2, 0.25) is 0 Å². The van der Waals surface area contributed by atoms with Crippen LogP contribution in [0.4, 0.5) is 11.4 Å². The van der Waals surface area contributed by atoms with E-state index in [9.17, 15) is 18.5 Å². The van der Waals surface area contributed by atoms with Crippen LogP contribution in [0, 0.1) is 17.0 Å². The molecule has 20 heavy (non-hydrogen) atoms. The average molecular weight is 292 g/mol. The van der Waals surface area contributed by atoms with Gasteiger partial charge in [-0.25, -0.2) is 8.42 Å². The van der Waals surface area contributed by atoms with Gasteiger partial charge >= 0.3 is 0 Å². The smallest absolute Gasteiger partial charge is 0.279 e. The molecule has 0 fully saturated rings. The van der Waals surface area contributed by atoms with Gasteiger partial charge in [-0.3, -0.25) is 14.8 Å². The fourth-order valence-electron chi connectivity index (χ4n) is 1.72. The summed E-state index contributed by atoms with van der Waals surface area (Å²) < 4.78 is 26.9. The molecule has 0 amide bonds. The number of benzene rings is 2. The van der Waals surface area contributed by atoms with Gasteiger partial charge in [0.05, 0.1) is 10.6 Å². The number of aryl methyl sites for hydroxylation is 1. The Balaban J connectivity index is 2.47. The first kappa shape index (κ1) is 14.0. The van der Waals surface area contributed by atoms with Crippen molar-refractivity contribution in [3.05, 3.63) is 64.2 Å². The number of hydrogen-bond acceptors (Lipinski definition) is 4. The molecule has 2 aromatic rings. The number of nitro benzene ring substituents is 1. The van der Waals surface area contributed by atoms with E-state index < -0.39 is 20.6 Å². The highest BCUT2D eigenvalue weighted by atomic mass is 32.2. The number of rotatable bonds is 4. The van der Waals surface area contributed by atoms with Crippen molar-refractivity contribution in [1.29, 1.82) is 0 Å². The number of sulfonamides is 1. The van der Waals surface area contributed by atoms with Crippen LogP contribution in [-0.4, -0.2) is 13.3 Å². The standard InChI is InChI=1S/C13H12N2O4S/c1-10-6-2-3-7-11(10)14-20(18,19)13-9-5-4-8-12(13)15(16)17/h2-9,14H,1H3. The van der Waals surface area contributed by atoms with Gasteiger partial charge in [0.2, 0.25) is 0 Å². The van der Waals surface area contributed by atoms with Gasteiger partial charge in [0.15, 0.2) is 4.90 Å². The summed E-state index contributed by atoms with van der Waals surface area (Å²) in [5, 5.41) is 10.9. The quantitative estimate of drug-likeness (QED) is 0.693. The van der Waals surface area contributed by atoms with Crippen LogP contribution in [0.5, 0.6) is 0 Å². The third-order valence-corrected chi connectivity index (χ3v) is 4.15. The van der Waals surface area contributed by atoms with Gasteiger partial charge in [-0.05, 0) is 24.6 Å². The Kier molecular flexibility index (Phi) is 3.71. The predicted octanol–water partition coefficient (Wildman–Crippen LogP) is 2.70. The summed E-state index contributed by atoms with van der Waals surface area (Å²) >= 11 is 0. The molecule has 7 heteroatoms. The van der Waals surface area contributed by atoms with Gasteiger partial charge in [-0.2, -0.15) is 0 Å². The fraction of sp³-hybridized carbons (Fsp3) is 0.0769. The molecular weight excluding hydrogens is 280 g/mol. The van der Waals surface area contributed by atoms with E-state index in [1.165, 1.54) is 18.2 Å². The molecular formula is C13H12N2O4S. The Bertz CT molecular complexity index is 756. The summed E-state index contributed by atoms with van der Waals surface area (Å²) in [5.41, 5.74) is 0.675. The Morgan fingerprint density at radius 1 is 1.05 bits per heavy atom. The van der Waals surface area contributed by atoms with Gasteiger partial charge < -0.3 is 0 Å². The second kappa shape index (κ2) is 5.30. The number of anilines is 1. The maximum Gasteiger partial charge on any atom is 0.289 e. The van der Waals surface area contributed by atoms with Crippen LogP contribution >= 0.6 is 0 Å². The lowest BCUT2D eigenvalue weighted by atomic mass is 10.2. The van der Waals surface area contributed by atoms with Crippen molar-refractivity contribution in [2.45, 2.75) is 11.8 Å². The minimum atomic E-state index is -4.00. The maximum absolute atomic E-state index is 12.3. The van der Waals surface area contributed by atoms with Crippen LogP contribution < -0.4 is 4.72 Å². The molecule has 0 unspecified atom stereocenters. The predicted molar refractivity (Wildman–Crippen MR) is 75.1 cm³/mol. The van der Waals surface area contributed by atoms with Gasteiger partial charge in [0, 0.05) is 6.07 Å². The first-order valence-electron chi connectivity index (χ1n) is 5.74. The Labute approximate surface area is 116 Å². The molecule has 0 atom stereocenters. The van der Waals surface area contributed by atoms with E-state index in [2.05, 4.69) is 4.72 Å². The van der Waals surface area contributed by atoms with E-state index >= 15 is 0 Å². The zero-order valence-corrected chi connectivity index (χ0v) is 11.4. The number of hydrogen-bond donors (Lipinski definition) is 1. The molecule has 0 saturated heterocycles. The first-order chi connectivity index (χ1) is 9.42. The van der Waals surface area contributed by atoms with Crippen LogP contribution in [0.1, 0.15) is 5.56 Å². The molecule has 2 rings (SSSR count). The summed E-state index contributed by atoms with van der Waals surface area (Å²) in [6.07, 6.45) is 0. The summed E-state index contributed by atoms with van der Waals surface area (Å²) in [5.74, 6) is 0. The minimum Gasteiger partial charge on any atom is -0.279 e.